The molecule has 0 bridgehead atoms. The first-order valence-corrected chi connectivity index (χ1v) is 6.34. The number of hydrogen-bond donors (Lipinski definition) is 2. The van der Waals surface area contributed by atoms with E-state index in [1.165, 1.54) is 19.1 Å². The molecule has 0 aromatic carbocycles. The van der Waals surface area contributed by atoms with E-state index in [4.69, 9.17) is 10.2 Å². The third-order valence-electron chi connectivity index (χ3n) is 2.36. The van der Waals surface area contributed by atoms with Gasteiger partial charge in [-0.1, -0.05) is 59.8 Å². The maximum atomic E-state index is 10.6. The molecule has 0 amide bonds. The number of carboxylic acid groups (broad SMARTS) is 2. The van der Waals surface area contributed by atoms with Gasteiger partial charge in [0.25, 0.3) is 0 Å². The molecule has 0 aliphatic rings. The van der Waals surface area contributed by atoms with E-state index in [0.29, 0.717) is 0 Å². The van der Waals surface area contributed by atoms with Crippen LogP contribution >= 0.6 is 0 Å². The molecule has 0 aliphatic heterocycles. The summed E-state index contributed by atoms with van der Waals surface area (Å²) < 4.78 is 0. The van der Waals surface area contributed by atoms with Crippen LogP contribution in [0, 0.1) is 0 Å². The molecule has 0 radical (unpaired) electrons. The van der Waals surface area contributed by atoms with E-state index in [-0.39, 0.29) is 5.57 Å². The topological polar surface area (TPSA) is 74.6 Å². The van der Waals surface area contributed by atoms with Gasteiger partial charge in [0.1, 0.15) is 0 Å². The second-order valence-electron chi connectivity index (χ2n) is 4.39. The lowest BCUT2D eigenvalue weighted by Gasteiger charge is -1.90. The van der Waals surface area contributed by atoms with Crippen LogP contribution in [0.5, 0.6) is 0 Å². The minimum absolute atomic E-state index is 0.276. The number of carboxylic acids is 2. The predicted molar refractivity (Wildman–Crippen MR) is 84.0 cm³/mol. The number of allylic oxidation sites excluding steroid dienone is 10. The Balaban J connectivity index is 4.54. The van der Waals surface area contributed by atoms with E-state index in [9.17, 15) is 9.59 Å². The molecular weight excluding hydrogens is 268 g/mol. The van der Waals surface area contributed by atoms with Gasteiger partial charge in [-0.25, -0.2) is 9.59 Å². The quantitative estimate of drug-likeness (QED) is 0.553. The zero-order chi connectivity index (χ0) is 16.3. The molecule has 0 rings (SSSR count). The van der Waals surface area contributed by atoms with Crippen molar-refractivity contribution in [2.75, 3.05) is 0 Å². The minimum Gasteiger partial charge on any atom is -0.478 e. The fraction of sp³-hybridized carbons (Fsp3) is 0.176. The molecule has 0 saturated heterocycles. The Bertz CT molecular complexity index is 555. The highest BCUT2D eigenvalue weighted by molar-refractivity contribution is 5.86. The average Bonchev–Trinajstić information content (AvgIpc) is 2.41. The zero-order valence-corrected chi connectivity index (χ0v) is 12.4. The Hall–Kier alpha value is -2.62. The summed E-state index contributed by atoms with van der Waals surface area (Å²) in [6.07, 6.45) is 14.9. The van der Waals surface area contributed by atoms with Crippen LogP contribution in [-0.2, 0) is 9.59 Å². The zero-order valence-electron chi connectivity index (χ0n) is 12.4. The molecule has 0 atom stereocenters. The van der Waals surface area contributed by atoms with Crippen LogP contribution in [0.4, 0.5) is 0 Å². The third kappa shape index (κ3) is 10.9. The number of aliphatic carboxylic acids is 2. The summed E-state index contributed by atoms with van der Waals surface area (Å²) >= 11 is 0. The molecule has 2 N–H and O–H groups in total. The monoisotopic (exact) mass is 288 g/mol. The Morgan fingerprint density at radius 3 is 1.71 bits per heavy atom. The molecule has 0 heterocycles. The molecule has 4 nitrogen and oxygen atoms in total. The van der Waals surface area contributed by atoms with Crippen molar-refractivity contribution in [1.29, 1.82) is 0 Å². The normalized spacial score (nSPS) is 14.5. The van der Waals surface area contributed by atoms with E-state index in [0.717, 1.165) is 17.2 Å². The molecule has 0 spiro atoms. The lowest BCUT2D eigenvalue weighted by molar-refractivity contribution is -0.133. The predicted octanol–water partition coefficient (Wildman–Crippen LogP) is 3.66. The van der Waals surface area contributed by atoms with Crippen LogP contribution in [0.3, 0.4) is 0 Å². The molecule has 21 heavy (non-hydrogen) atoms. The second kappa shape index (κ2) is 10.2. The summed E-state index contributed by atoms with van der Waals surface area (Å²) in [5.41, 5.74) is 2.07. The maximum absolute atomic E-state index is 10.6. The van der Waals surface area contributed by atoms with Crippen molar-refractivity contribution >= 4 is 11.9 Å². The lowest BCUT2D eigenvalue weighted by Crippen LogP contribution is -1.94. The van der Waals surface area contributed by atoms with Gasteiger partial charge in [-0.3, -0.25) is 0 Å². The highest BCUT2D eigenvalue weighted by Gasteiger charge is 1.95. The maximum Gasteiger partial charge on any atom is 0.331 e. The van der Waals surface area contributed by atoms with E-state index in [1.54, 1.807) is 31.2 Å². The lowest BCUT2D eigenvalue weighted by atomic mass is 10.2. The molecule has 4 heteroatoms. The molecule has 0 aromatic rings. The van der Waals surface area contributed by atoms with Gasteiger partial charge >= 0.3 is 11.9 Å². The molecule has 0 fully saturated rings. The molecule has 0 aliphatic carbocycles. The van der Waals surface area contributed by atoms with Crippen LogP contribution in [-0.4, -0.2) is 22.2 Å². The van der Waals surface area contributed by atoms with Crippen molar-refractivity contribution in [3.05, 3.63) is 71.4 Å². The van der Waals surface area contributed by atoms with Gasteiger partial charge in [-0.15, -0.1) is 0 Å². The molecule has 0 aromatic heterocycles. The molecular formula is C17H20O4. The van der Waals surface area contributed by atoms with Gasteiger partial charge in [-0.05, 0) is 20.8 Å². The molecule has 112 valence electrons. The first-order valence-electron chi connectivity index (χ1n) is 6.34. The Morgan fingerprint density at radius 1 is 0.714 bits per heavy atom. The SMILES string of the molecule is CC(/C=C/C=C(\C)C(=O)O)=C\C=C\C=C(C)\C=C\C(=O)O. The Kier molecular flexibility index (Phi) is 8.93. The van der Waals surface area contributed by atoms with Crippen LogP contribution in [0.2, 0.25) is 0 Å². The van der Waals surface area contributed by atoms with E-state index in [2.05, 4.69) is 0 Å². The average molecular weight is 288 g/mol. The summed E-state index contributed by atoms with van der Waals surface area (Å²) in [6.45, 7) is 5.23. The van der Waals surface area contributed by atoms with Crippen LogP contribution in [0.25, 0.3) is 0 Å². The fourth-order valence-electron chi connectivity index (χ4n) is 1.14. The van der Waals surface area contributed by atoms with Gasteiger partial charge in [0, 0.05) is 11.6 Å². The van der Waals surface area contributed by atoms with Crippen molar-refractivity contribution in [1.82, 2.24) is 0 Å². The van der Waals surface area contributed by atoms with Crippen LogP contribution in [0.15, 0.2) is 71.4 Å². The third-order valence-corrected chi connectivity index (χ3v) is 2.36. The van der Waals surface area contributed by atoms with E-state index >= 15 is 0 Å². The van der Waals surface area contributed by atoms with Gasteiger partial charge < -0.3 is 10.2 Å². The van der Waals surface area contributed by atoms with Gasteiger partial charge in [0.15, 0.2) is 0 Å². The Morgan fingerprint density at radius 2 is 1.24 bits per heavy atom. The largest absolute Gasteiger partial charge is 0.478 e. The van der Waals surface area contributed by atoms with Crippen molar-refractivity contribution in [3.63, 3.8) is 0 Å². The van der Waals surface area contributed by atoms with Crippen molar-refractivity contribution in [2.45, 2.75) is 20.8 Å². The van der Waals surface area contributed by atoms with Crippen LogP contribution in [0.1, 0.15) is 20.8 Å². The Labute approximate surface area is 124 Å². The highest BCUT2D eigenvalue weighted by Crippen LogP contribution is 2.00. The molecule has 0 saturated carbocycles. The number of rotatable bonds is 7. The van der Waals surface area contributed by atoms with Crippen molar-refractivity contribution in [3.8, 4) is 0 Å². The van der Waals surface area contributed by atoms with E-state index < -0.39 is 11.9 Å². The first kappa shape index (κ1) is 18.4. The first-order chi connectivity index (χ1) is 9.82. The van der Waals surface area contributed by atoms with Gasteiger partial charge in [0.2, 0.25) is 0 Å². The van der Waals surface area contributed by atoms with E-state index in [1.807, 2.05) is 19.1 Å². The minimum atomic E-state index is -0.975. The summed E-state index contributed by atoms with van der Waals surface area (Å²) in [4.78, 5) is 20.9. The standard InChI is InChI=1S/C17H20O4/c1-13(9-6-10-15(3)17(20)21)7-4-5-8-14(2)11-12-16(18)19/h4-12H,1-3H3,(H,18,19)(H,20,21)/b5-4+,9-6+,12-11+,13-7+,14-8+,15-10+. The van der Waals surface area contributed by atoms with Gasteiger partial charge in [0.05, 0.1) is 0 Å². The van der Waals surface area contributed by atoms with Crippen molar-refractivity contribution in [2.24, 2.45) is 0 Å². The van der Waals surface area contributed by atoms with Crippen molar-refractivity contribution < 1.29 is 19.8 Å². The summed E-state index contributed by atoms with van der Waals surface area (Å²) in [6, 6.07) is 0. The fourth-order valence-corrected chi connectivity index (χ4v) is 1.14. The second-order valence-corrected chi connectivity index (χ2v) is 4.39. The number of carbonyl (C=O) groups is 2. The highest BCUT2D eigenvalue weighted by atomic mass is 16.4. The smallest absolute Gasteiger partial charge is 0.331 e. The summed E-state index contributed by atoms with van der Waals surface area (Å²) in [5, 5.41) is 17.1. The summed E-state index contributed by atoms with van der Waals surface area (Å²) in [5.74, 6) is -1.91. The van der Waals surface area contributed by atoms with Gasteiger partial charge in [-0.2, -0.15) is 0 Å². The number of hydrogen-bond acceptors (Lipinski definition) is 2. The molecule has 0 unspecified atom stereocenters. The van der Waals surface area contributed by atoms with Crippen LogP contribution < -0.4 is 0 Å². The summed E-state index contributed by atoms with van der Waals surface area (Å²) in [7, 11) is 0.